The largest absolute Gasteiger partial charge is 0.354 e. The summed E-state index contributed by atoms with van der Waals surface area (Å²) >= 11 is 0. The molecule has 0 aromatic carbocycles. The van der Waals surface area contributed by atoms with Crippen molar-refractivity contribution >= 4 is 11.8 Å². The molecular formula is C13H18FN3O2. The third kappa shape index (κ3) is 4.65. The van der Waals surface area contributed by atoms with E-state index in [1.165, 1.54) is 18.3 Å². The normalized spacial score (nSPS) is 12.1. The van der Waals surface area contributed by atoms with Gasteiger partial charge in [-0.3, -0.25) is 9.59 Å². The van der Waals surface area contributed by atoms with E-state index in [1.54, 1.807) is 6.92 Å². The van der Waals surface area contributed by atoms with Crippen molar-refractivity contribution in [1.29, 1.82) is 0 Å². The van der Waals surface area contributed by atoms with Gasteiger partial charge in [0, 0.05) is 12.7 Å². The number of carbonyl (C=O) groups excluding carboxylic acids is 2. The predicted octanol–water partition coefficient (Wildman–Crippen LogP) is 1.11. The van der Waals surface area contributed by atoms with E-state index in [9.17, 15) is 14.0 Å². The van der Waals surface area contributed by atoms with Crippen molar-refractivity contribution in [3.8, 4) is 0 Å². The highest BCUT2D eigenvalue weighted by Crippen LogP contribution is 2.03. The molecule has 1 aromatic rings. The Hall–Kier alpha value is -1.98. The van der Waals surface area contributed by atoms with E-state index in [1.807, 2.05) is 13.8 Å². The van der Waals surface area contributed by atoms with Crippen LogP contribution in [0.1, 0.15) is 31.1 Å². The predicted molar refractivity (Wildman–Crippen MR) is 69.0 cm³/mol. The SMILES string of the molecule is CC(C)CNC(=O)C(C)NC(=O)c1cccnc1F. The minimum absolute atomic E-state index is 0.175. The van der Waals surface area contributed by atoms with Gasteiger partial charge in [-0.2, -0.15) is 4.39 Å². The zero-order valence-electron chi connectivity index (χ0n) is 11.2. The number of halogens is 1. The van der Waals surface area contributed by atoms with E-state index in [2.05, 4.69) is 15.6 Å². The average molecular weight is 267 g/mol. The summed E-state index contributed by atoms with van der Waals surface area (Å²) in [4.78, 5) is 26.8. The number of aromatic nitrogens is 1. The van der Waals surface area contributed by atoms with Crippen molar-refractivity contribution in [2.45, 2.75) is 26.8 Å². The van der Waals surface area contributed by atoms with E-state index in [0.29, 0.717) is 12.5 Å². The van der Waals surface area contributed by atoms with Gasteiger partial charge in [-0.1, -0.05) is 13.8 Å². The molecule has 0 bridgehead atoms. The Kier molecular flexibility index (Phi) is 5.41. The maximum absolute atomic E-state index is 13.3. The number of amides is 2. The van der Waals surface area contributed by atoms with Gasteiger partial charge in [-0.15, -0.1) is 0 Å². The molecule has 0 aliphatic heterocycles. The second-order valence-electron chi connectivity index (χ2n) is 4.68. The van der Waals surface area contributed by atoms with Crippen LogP contribution in [0.2, 0.25) is 0 Å². The van der Waals surface area contributed by atoms with Crippen LogP contribution < -0.4 is 10.6 Å². The quantitative estimate of drug-likeness (QED) is 0.785. The van der Waals surface area contributed by atoms with Crippen LogP contribution in [0.3, 0.4) is 0 Å². The number of pyridine rings is 1. The first kappa shape index (κ1) is 15.1. The topological polar surface area (TPSA) is 71.1 Å². The van der Waals surface area contributed by atoms with E-state index in [0.717, 1.165) is 0 Å². The lowest BCUT2D eigenvalue weighted by atomic mass is 10.2. The Morgan fingerprint density at radius 1 is 1.37 bits per heavy atom. The van der Waals surface area contributed by atoms with Gasteiger partial charge in [0.05, 0.1) is 5.56 Å². The average Bonchev–Trinajstić information content (AvgIpc) is 2.36. The van der Waals surface area contributed by atoms with Crippen LogP contribution in [0.25, 0.3) is 0 Å². The Morgan fingerprint density at radius 3 is 2.63 bits per heavy atom. The first-order valence-corrected chi connectivity index (χ1v) is 6.11. The summed E-state index contributed by atoms with van der Waals surface area (Å²) in [6.45, 7) is 6.01. The lowest BCUT2D eigenvalue weighted by Crippen LogP contribution is -2.45. The summed E-state index contributed by atoms with van der Waals surface area (Å²) in [5.41, 5.74) is -0.175. The third-order valence-electron chi connectivity index (χ3n) is 2.43. The van der Waals surface area contributed by atoms with Crippen molar-refractivity contribution in [1.82, 2.24) is 15.6 Å². The van der Waals surface area contributed by atoms with E-state index in [-0.39, 0.29) is 11.5 Å². The highest BCUT2D eigenvalue weighted by Gasteiger charge is 2.18. The monoisotopic (exact) mass is 267 g/mol. The second kappa shape index (κ2) is 6.82. The van der Waals surface area contributed by atoms with Crippen molar-refractivity contribution in [2.75, 3.05) is 6.54 Å². The molecule has 0 fully saturated rings. The fourth-order valence-electron chi connectivity index (χ4n) is 1.35. The van der Waals surface area contributed by atoms with Crippen LogP contribution in [0.15, 0.2) is 18.3 Å². The minimum Gasteiger partial charge on any atom is -0.354 e. The highest BCUT2D eigenvalue weighted by molar-refractivity contribution is 5.97. The number of nitrogens with zero attached hydrogens (tertiary/aromatic N) is 1. The fourth-order valence-corrected chi connectivity index (χ4v) is 1.35. The van der Waals surface area contributed by atoms with E-state index < -0.39 is 17.9 Å². The molecule has 0 aliphatic carbocycles. The summed E-state index contributed by atoms with van der Waals surface area (Å²) in [6, 6.07) is 2.05. The van der Waals surface area contributed by atoms with Gasteiger partial charge in [-0.05, 0) is 25.0 Å². The van der Waals surface area contributed by atoms with Gasteiger partial charge in [0.15, 0.2) is 0 Å². The maximum Gasteiger partial charge on any atom is 0.256 e. The summed E-state index contributed by atoms with van der Waals surface area (Å²) in [6.07, 6.45) is 1.25. The summed E-state index contributed by atoms with van der Waals surface area (Å²) in [7, 11) is 0. The first-order valence-electron chi connectivity index (χ1n) is 6.11. The zero-order chi connectivity index (χ0) is 14.4. The van der Waals surface area contributed by atoms with Crippen LogP contribution in [-0.2, 0) is 4.79 Å². The van der Waals surface area contributed by atoms with Crippen molar-refractivity contribution in [2.24, 2.45) is 5.92 Å². The molecule has 2 amide bonds. The Balaban J connectivity index is 2.57. The van der Waals surface area contributed by atoms with Gasteiger partial charge in [0.2, 0.25) is 11.9 Å². The lowest BCUT2D eigenvalue weighted by molar-refractivity contribution is -0.122. The van der Waals surface area contributed by atoms with Crippen molar-refractivity contribution in [3.05, 3.63) is 29.8 Å². The molecule has 1 atom stereocenters. The molecule has 1 unspecified atom stereocenters. The molecule has 5 nitrogen and oxygen atoms in total. The van der Waals surface area contributed by atoms with Crippen LogP contribution in [-0.4, -0.2) is 29.4 Å². The Labute approximate surface area is 111 Å². The van der Waals surface area contributed by atoms with Gasteiger partial charge in [0.25, 0.3) is 5.91 Å². The highest BCUT2D eigenvalue weighted by atomic mass is 19.1. The van der Waals surface area contributed by atoms with E-state index >= 15 is 0 Å². The summed E-state index contributed by atoms with van der Waals surface area (Å²) < 4.78 is 13.3. The minimum atomic E-state index is -0.852. The lowest BCUT2D eigenvalue weighted by Gasteiger charge is -2.15. The van der Waals surface area contributed by atoms with Gasteiger partial charge in [0.1, 0.15) is 6.04 Å². The number of rotatable bonds is 5. The molecule has 6 heteroatoms. The van der Waals surface area contributed by atoms with E-state index in [4.69, 9.17) is 0 Å². The number of carbonyl (C=O) groups is 2. The maximum atomic E-state index is 13.3. The molecule has 1 aromatic heterocycles. The number of nitrogens with one attached hydrogen (secondary N) is 2. The van der Waals surface area contributed by atoms with Crippen LogP contribution in [0, 0.1) is 11.9 Å². The summed E-state index contributed by atoms with van der Waals surface area (Å²) in [5.74, 6) is -1.48. The second-order valence-corrected chi connectivity index (χ2v) is 4.68. The third-order valence-corrected chi connectivity index (χ3v) is 2.43. The molecule has 19 heavy (non-hydrogen) atoms. The molecule has 0 aliphatic rings. The van der Waals surface area contributed by atoms with Crippen molar-refractivity contribution < 1.29 is 14.0 Å². The van der Waals surface area contributed by atoms with Crippen molar-refractivity contribution in [3.63, 3.8) is 0 Å². The van der Waals surface area contributed by atoms with Crippen LogP contribution in [0.4, 0.5) is 4.39 Å². The molecule has 2 N–H and O–H groups in total. The van der Waals surface area contributed by atoms with Crippen LogP contribution in [0.5, 0.6) is 0 Å². The molecule has 0 radical (unpaired) electrons. The number of hydrogen-bond acceptors (Lipinski definition) is 3. The van der Waals surface area contributed by atoms with Crippen LogP contribution >= 0.6 is 0 Å². The fraction of sp³-hybridized carbons (Fsp3) is 0.462. The molecule has 0 spiro atoms. The van der Waals surface area contributed by atoms with Gasteiger partial charge < -0.3 is 10.6 Å². The Bertz CT molecular complexity index is 463. The molecule has 0 saturated heterocycles. The molecule has 1 heterocycles. The standard InChI is InChI=1S/C13H18FN3O2/c1-8(2)7-16-12(18)9(3)17-13(19)10-5-4-6-15-11(10)14/h4-6,8-9H,7H2,1-3H3,(H,16,18)(H,17,19). The number of hydrogen-bond donors (Lipinski definition) is 2. The first-order chi connectivity index (χ1) is 8.91. The zero-order valence-corrected chi connectivity index (χ0v) is 11.2. The summed E-state index contributed by atoms with van der Waals surface area (Å²) in [5, 5.41) is 5.12. The molecule has 1 rings (SSSR count). The van der Waals surface area contributed by atoms with Gasteiger partial charge >= 0.3 is 0 Å². The molecular weight excluding hydrogens is 249 g/mol. The Morgan fingerprint density at radius 2 is 2.05 bits per heavy atom. The van der Waals surface area contributed by atoms with Gasteiger partial charge in [-0.25, -0.2) is 4.98 Å². The molecule has 0 saturated carbocycles. The smallest absolute Gasteiger partial charge is 0.256 e. The molecule has 104 valence electrons.